The molecule has 134 valence electrons. The van der Waals surface area contributed by atoms with E-state index in [9.17, 15) is 9.59 Å². The SMILES string of the molecule is CC(C)Oc1ccc(CCNC(=O)C23CC4CC(C(=O)N2)C3C4)cc1. The zero-order chi connectivity index (χ0) is 17.6. The van der Waals surface area contributed by atoms with Crippen LogP contribution >= 0.6 is 0 Å². The van der Waals surface area contributed by atoms with Gasteiger partial charge in [-0.1, -0.05) is 12.1 Å². The molecule has 4 rings (SSSR count). The molecule has 1 aromatic rings. The van der Waals surface area contributed by atoms with E-state index in [4.69, 9.17) is 4.74 Å². The van der Waals surface area contributed by atoms with Crippen molar-refractivity contribution in [1.82, 2.24) is 10.6 Å². The molecule has 1 saturated heterocycles. The Kier molecular flexibility index (Phi) is 3.97. The monoisotopic (exact) mass is 342 g/mol. The first-order valence-corrected chi connectivity index (χ1v) is 9.34. The van der Waals surface area contributed by atoms with Crippen LogP contribution in [0.3, 0.4) is 0 Å². The third kappa shape index (κ3) is 2.79. The predicted octanol–water partition coefficient (Wildman–Crippen LogP) is 2.05. The van der Waals surface area contributed by atoms with Crippen LogP contribution in [0, 0.1) is 17.8 Å². The average molecular weight is 342 g/mol. The normalized spacial score (nSPS) is 32.1. The quantitative estimate of drug-likeness (QED) is 0.831. The first-order chi connectivity index (χ1) is 12.0. The lowest BCUT2D eigenvalue weighted by Gasteiger charge is -2.30. The second-order valence-electron chi connectivity index (χ2n) is 8.03. The van der Waals surface area contributed by atoms with Crippen LogP contribution in [0.2, 0.25) is 0 Å². The molecule has 2 bridgehead atoms. The summed E-state index contributed by atoms with van der Waals surface area (Å²) in [6.45, 7) is 4.60. The molecule has 0 aromatic heterocycles. The highest BCUT2D eigenvalue weighted by Crippen LogP contribution is 2.57. The van der Waals surface area contributed by atoms with Gasteiger partial charge in [0, 0.05) is 18.4 Å². The second kappa shape index (κ2) is 6.04. The van der Waals surface area contributed by atoms with Gasteiger partial charge >= 0.3 is 0 Å². The second-order valence-corrected chi connectivity index (χ2v) is 8.03. The standard InChI is InChI=1S/C20H26N2O3/c1-12(2)25-15-5-3-13(4-6-15)7-8-21-19(24)20-11-14-9-16(17(20)10-14)18(23)22-20/h3-6,12,14,16-17H,7-11H2,1-2H3,(H,21,24)(H,22,23). The fourth-order valence-corrected chi connectivity index (χ4v) is 5.01. The molecular weight excluding hydrogens is 316 g/mol. The zero-order valence-electron chi connectivity index (χ0n) is 14.9. The summed E-state index contributed by atoms with van der Waals surface area (Å²) >= 11 is 0. The number of nitrogens with one attached hydrogen (secondary N) is 2. The maximum atomic E-state index is 12.8. The van der Waals surface area contributed by atoms with Crippen molar-refractivity contribution < 1.29 is 14.3 Å². The minimum atomic E-state index is -0.625. The smallest absolute Gasteiger partial charge is 0.246 e. The van der Waals surface area contributed by atoms with E-state index in [2.05, 4.69) is 10.6 Å². The van der Waals surface area contributed by atoms with Crippen LogP contribution in [-0.2, 0) is 16.0 Å². The molecule has 3 fully saturated rings. The summed E-state index contributed by atoms with van der Waals surface area (Å²) in [5.41, 5.74) is 0.537. The number of amides is 2. The Morgan fingerprint density at radius 1 is 1.32 bits per heavy atom. The Hall–Kier alpha value is -2.04. The number of fused-ring (bicyclic) bond motifs is 1. The molecule has 1 heterocycles. The maximum absolute atomic E-state index is 12.8. The van der Waals surface area contributed by atoms with Crippen LogP contribution < -0.4 is 15.4 Å². The van der Waals surface area contributed by atoms with E-state index < -0.39 is 5.54 Å². The van der Waals surface area contributed by atoms with Gasteiger partial charge in [0.2, 0.25) is 11.8 Å². The Morgan fingerprint density at radius 2 is 2.08 bits per heavy atom. The van der Waals surface area contributed by atoms with Crippen molar-refractivity contribution in [3.05, 3.63) is 29.8 Å². The van der Waals surface area contributed by atoms with Crippen molar-refractivity contribution in [1.29, 1.82) is 0 Å². The minimum absolute atomic E-state index is 0.00955. The topological polar surface area (TPSA) is 67.4 Å². The van der Waals surface area contributed by atoms with Gasteiger partial charge in [0.25, 0.3) is 0 Å². The number of hydrogen-bond acceptors (Lipinski definition) is 3. The fourth-order valence-electron chi connectivity index (χ4n) is 5.01. The molecule has 1 aliphatic heterocycles. The van der Waals surface area contributed by atoms with Gasteiger partial charge in [0.05, 0.1) is 6.10 Å². The summed E-state index contributed by atoms with van der Waals surface area (Å²) in [7, 11) is 0. The summed E-state index contributed by atoms with van der Waals surface area (Å²) in [4.78, 5) is 24.9. The molecule has 0 radical (unpaired) electrons. The number of rotatable bonds is 6. The molecule has 3 aliphatic rings. The fraction of sp³-hybridized carbons (Fsp3) is 0.600. The third-order valence-electron chi connectivity index (χ3n) is 5.99. The van der Waals surface area contributed by atoms with E-state index >= 15 is 0 Å². The highest BCUT2D eigenvalue weighted by Gasteiger charge is 2.66. The molecule has 5 nitrogen and oxygen atoms in total. The number of carbonyl (C=O) groups is 2. The van der Waals surface area contributed by atoms with E-state index in [1.807, 2.05) is 38.1 Å². The highest BCUT2D eigenvalue weighted by molar-refractivity contribution is 5.97. The van der Waals surface area contributed by atoms with Gasteiger partial charge in [-0.2, -0.15) is 0 Å². The van der Waals surface area contributed by atoms with Crippen molar-refractivity contribution in [2.24, 2.45) is 17.8 Å². The highest BCUT2D eigenvalue weighted by atomic mass is 16.5. The van der Waals surface area contributed by atoms with E-state index in [0.717, 1.165) is 37.0 Å². The Balaban J connectivity index is 1.32. The summed E-state index contributed by atoms with van der Waals surface area (Å²) in [5, 5.41) is 6.09. The lowest BCUT2D eigenvalue weighted by Crippen LogP contribution is -2.56. The van der Waals surface area contributed by atoms with Crippen molar-refractivity contribution in [3.8, 4) is 5.75 Å². The maximum Gasteiger partial charge on any atom is 0.246 e. The lowest BCUT2D eigenvalue weighted by atomic mass is 9.78. The molecule has 25 heavy (non-hydrogen) atoms. The minimum Gasteiger partial charge on any atom is -0.491 e. The predicted molar refractivity (Wildman–Crippen MR) is 94.1 cm³/mol. The third-order valence-corrected chi connectivity index (χ3v) is 5.99. The lowest BCUT2D eigenvalue weighted by molar-refractivity contribution is -0.130. The van der Waals surface area contributed by atoms with Gasteiger partial charge in [0.1, 0.15) is 11.3 Å². The summed E-state index contributed by atoms with van der Waals surface area (Å²) < 4.78 is 5.64. The molecule has 0 spiro atoms. The van der Waals surface area contributed by atoms with Crippen LogP contribution in [0.4, 0.5) is 0 Å². The molecule has 2 saturated carbocycles. The largest absolute Gasteiger partial charge is 0.491 e. The number of hydrogen-bond donors (Lipinski definition) is 2. The van der Waals surface area contributed by atoms with Gasteiger partial charge in [0.15, 0.2) is 0 Å². The van der Waals surface area contributed by atoms with E-state index in [1.165, 1.54) is 0 Å². The Labute approximate surface area is 148 Å². The molecule has 2 aliphatic carbocycles. The van der Waals surface area contributed by atoms with Gasteiger partial charge in [-0.15, -0.1) is 0 Å². The number of benzene rings is 1. The van der Waals surface area contributed by atoms with Crippen LogP contribution in [0.5, 0.6) is 5.75 Å². The van der Waals surface area contributed by atoms with Crippen molar-refractivity contribution in [3.63, 3.8) is 0 Å². The molecule has 2 amide bonds. The Bertz CT molecular complexity index is 685. The van der Waals surface area contributed by atoms with Gasteiger partial charge < -0.3 is 15.4 Å². The summed E-state index contributed by atoms with van der Waals surface area (Å²) in [6.07, 6.45) is 3.74. The van der Waals surface area contributed by atoms with Crippen LogP contribution in [0.1, 0.15) is 38.7 Å². The molecule has 4 unspecified atom stereocenters. The average Bonchev–Trinajstić information content (AvgIpc) is 3.17. The van der Waals surface area contributed by atoms with Gasteiger partial charge in [-0.3, -0.25) is 9.59 Å². The number of ether oxygens (including phenoxy) is 1. The van der Waals surface area contributed by atoms with E-state index in [0.29, 0.717) is 12.5 Å². The van der Waals surface area contributed by atoms with Crippen LogP contribution in [0.25, 0.3) is 0 Å². The molecule has 4 atom stereocenters. The molecule has 5 heteroatoms. The van der Waals surface area contributed by atoms with E-state index in [1.54, 1.807) is 0 Å². The van der Waals surface area contributed by atoms with Crippen molar-refractivity contribution >= 4 is 11.8 Å². The first kappa shape index (κ1) is 16.4. The summed E-state index contributed by atoms with van der Waals surface area (Å²) in [6, 6.07) is 8.00. The zero-order valence-corrected chi connectivity index (χ0v) is 14.9. The van der Waals surface area contributed by atoms with Gasteiger partial charge in [-0.25, -0.2) is 0 Å². The summed E-state index contributed by atoms with van der Waals surface area (Å²) in [5.74, 6) is 1.77. The first-order valence-electron chi connectivity index (χ1n) is 9.34. The molecule has 2 N–H and O–H groups in total. The Morgan fingerprint density at radius 3 is 2.76 bits per heavy atom. The molecular formula is C20H26N2O3. The van der Waals surface area contributed by atoms with Crippen molar-refractivity contribution in [2.75, 3.05) is 6.54 Å². The van der Waals surface area contributed by atoms with Crippen molar-refractivity contribution in [2.45, 2.75) is 51.2 Å². The molecule has 1 aromatic carbocycles. The van der Waals surface area contributed by atoms with Crippen LogP contribution in [0.15, 0.2) is 24.3 Å². The van der Waals surface area contributed by atoms with Gasteiger partial charge in [-0.05, 0) is 63.1 Å². The van der Waals surface area contributed by atoms with E-state index in [-0.39, 0.29) is 29.8 Å². The van der Waals surface area contributed by atoms with Crippen LogP contribution in [-0.4, -0.2) is 30.0 Å². The number of carbonyl (C=O) groups excluding carboxylic acids is 2.